The standard InChI is InChI=1S/C29H27ClF2N4O3/c1-17(2)36(15-27(38)34-13-21-5-4-6-24(30)29(21)32)28(39)16-35-14-23(18(3)37)22-11-19(7-8-25(22)35)20-9-10-33-26(31)12-20/h4-12,14,17H,13,15-16H2,1-3H3,(H,34,38). The first-order chi connectivity index (χ1) is 18.5. The van der Waals surface area contributed by atoms with Crippen molar-refractivity contribution in [1.29, 1.82) is 0 Å². The molecule has 1 N–H and O–H groups in total. The molecule has 2 aromatic carbocycles. The molecule has 0 aliphatic carbocycles. The molecule has 2 aromatic heterocycles. The molecule has 39 heavy (non-hydrogen) atoms. The Kier molecular flexibility index (Phi) is 8.40. The van der Waals surface area contributed by atoms with Gasteiger partial charge >= 0.3 is 0 Å². The first kappa shape index (κ1) is 27.9. The van der Waals surface area contributed by atoms with E-state index < -0.39 is 17.7 Å². The van der Waals surface area contributed by atoms with Crippen molar-refractivity contribution in [2.75, 3.05) is 6.54 Å². The van der Waals surface area contributed by atoms with Gasteiger partial charge in [-0.05, 0) is 56.2 Å². The highest BCUT2D eigenvalue weighted by Crippen LogP contribution is 2.29. The second-order valence-electron chi connectivity index (χ2n) is 9.43. The number of rotatable bonds is 9. The Balaban J connectivity index is 1.53. The number of pyridine rings is 1. The number of ketones is 1. The number of amides is 2. The number of nitrogens with one attached hydrogen (secondary N) is 1. The maximum absolute atomic E-state index is 14.1. The predicted molar refractivity (Wildman–Crippen MR) is 145 cm³/mol. The Labute approximate surface area is 229 Å². The van der Waals surface area contributed by atoms with E-state index >= 15 is 0 Å². The van der Waals surface area contributed by atoms with Crippen LogP contribution >= 0.6 is 11.6 Å². The van der Waals surface area contributed by atoms with Crippen LogP contribution in [0.5, 0.6) is 0 Å². The van der Waals surface area contributed by atoms with Crippen LogP contribution in [-0.2, 0) is 22.7 Å². The number of halogens is 3. The minimum atomic E-state index is -0.613. The van der Waals surface area contributed by atoms with Crippen LogP contribution in [0, 0.1) is 11.8 Å². The summed E-state index contributed by atoms with van der Waals surface area (Å²) < 4.78 is 29.5. The summed E-state index contributed by atoms with van der Waals surface area (Å²) in [6, 6.07) is 12.5. The summed E-state index contributed by atoms with van der Waals surface area (Å²) in [4.78, 5) is 43.4. The number of carbonyl (C=O) groups is 3. The van der Waals surface area contributed by atoms with Crippen LogP contribution in [-0.4, -0.2) is 44.6 Å². The molecule has 4 aromatic rings. The van der Waals surface area contributed by atoms with Gasteiger partial charge in [0.2, 0.25) is 17.8 Å². The molecule has 0 unspecified atom stereocenters. The summed E-state index contributed by atoms with van der Waals surface area (Å²) in [5, 5.41) is 3.22. The third-order valence-corrected chi connectivity index (χ3v) is 6.68. The first-order valence-electron chi connectivity index (χ1n) is 12.3. The molecule has 10 heteroatoms. The van der Waals surface area contributed by atoms with E-state index in [1.165, 1.54) is 36.2 Å². The van der Waals surface area contributed by atoms with E-state index in [1.54, 1.807) is 54.9 Å². The normalized spacial score (nSPS) is 11.2. The number of hydrogen-bond donors (Lipinski definition) is 1. The van der Waals surface area contributed by atoms with Gasteiger partial charge in [0.05, 0.1) is 11.6 Å². The number of aromatic nitrogens is 2. The third kappa shape index (κ3) is 6.31. The first-order valence-corrected chi connectivity index (χ1v) is 12.7. The summed E-state index contributed by atoms with van der Waals surface area (Å²) in [5.74, 6) is -2.18. The lowest BCUT2D eigenvalue weighted by Crippen LogP contribution is -2.45. The smallest absolute Gasteiger partial charge is 0.243 e. The van der Waals surface area contributed by atoms with E-state index in [2.05, 4.69) is 10.3 Å². The van der Waals surface area contributed by atoms with Gasteiger partial charge in [0.25, 0.3) is 0 Å². The Morgan fingerprint density at radius 3 is 2.51 bits per heavy atom. The van der Waals surface area contributed by atoms with Gasteiger partial charge < -0.3 is 14.8 Å². The minimum Gasteiger partial charge on any atom is -0.350 e. The Bertz CT molecular complexity index is 1570. The zero-order valence-corrected chi connectivity index (χ0v) is 22.4. The molecule has 0 bridgehead atoms. The molecular weight excluding hydrogens is 526 g/mol. The molecule has 0 fully saturated rings. The molecule has 2 heterocycles. The van der Waals surface area contributed by atoms with Crippen molar-refractivity contribution in [2.24, 2.45) is 0 Å². The van der Waals surface area contributed by atoms with Gasteiger partial charge in [-0.1, -0.05) is 29.8 Å². The maximum atomic E-state index is 14.1. The van der Waals surface area contributed by atoms with Gasteiger partial charge in [-0.15, -0.1) is 0 Å². The predicted octanol–water partition coefficient (Wildman–Crippen LogP) is 5.39. The molecule has 202 valence electrons. The average molecular weight is 553 g/mol. The second-order valence-corrected chi connectivity index (χ2v) is 9.84. The number of nitrogens with zero attached hydrogens (tertiary/aromatic N) is 3. The van der Waals surface area contributed by atoms with Crippen LogP contribution in [0.4, 0.5) is 8.78 Å². The largest absolute Gasteiger partial charge is 0.350 e. The molecule has 0 aliphatic heterocycles. The summed E-state index contributed by atoms with van der Waals surface area (Å²) in [5.41, 5.74) is 2.62. The average Bonchev–Trinajstić information content (AvgIpc) is 3.25. The molecule has 0 saturated heterocycles. The van der Waals surface area contributed by atoms with E-state index in [-0.39, 0.29) is 48.0 Å². The lowest BCUT2D eigenvalue weighted by atomic mass is 10.0. The van der Waals surface area contributed by atoms with Crippen LogP contribution in [0.1, 0.15) is 36.7 Å². The molecule has 0 radical (unpaired) electrons. The molecule has 0 atom stereocenters. The molecule has 0 spiro atoms. The number of Topliss-reactive ketones (excluding diaryl/α,β-unsaturated/α-hetero) is 1. The van der Waals surface area contributed by atoms with Gasteiger partial charge in [-0.2, -0.15) is 4.39 Å². The third-order valence-electron chi connectivity index (χ3n) is 6.39. The van der Waals surface area contributed by atoms with Gasteiger partial charge in [-0.3, -0.25) is 14.4 Å². The van der Waals surface area contributed by atoms with E-state index in [4.69, 9.17) is 11.6 Å². The van der Waals surface area contributed by atoms with Gasteiger partial charge in [-0.25, -0.2) is 9.37 Å². The molecule has 0 saturated carbocycles. The number of fused-ring (bicyclic) bond motifs is 1. The van der Waals surface area contributed by atoms with Crippen molar-refractivity contribution in [3.05, 3.63) is 88.8 Å². The van der Waals surface area contributed by atoms with Crippen molar-refractivity contribution in [3.63, 3.8) is 0 Å². The topological polar surface area (TPSA) is 84.3 Å². The van der Waals surface area contributed by atoms with Gasteiger partial charge in [0, 0.05) is 53.1 Å². The monoisotopic (exact) mass is 552 g/mol. The fourth-order valence-corrected chi connectivity index (χ4v) is 4.55. The van der Waals surface area contributed by atoms with E-state index in [0.717, 1.165) is 0 Å². The van der Waals surface area contributed by atoms with Crippen molar-refractivity contribution in [1.82, 2.24) is 19.8 Å². The number of hydrogen-bond acceptors (Lipinski definition) is 4. The van der Waals surface area contributed by atoms with Crippen LogP contribution in [0.3, 0.4) is 0 Å². The molecule has 2 amide bonds. The summed E-state index contributed by atoms with van der Waals surface area (Å²) in [6.45, 7) is 4.61. The van der Waals surface area contributed by atoms with Crippen molar-refractivity contribution in [3.8, 4) is 11.1 Å². The second kappa shape index (κ2) is 11.7. The summed E-state index contributed by atoms with van der Waals surface area (Å²) in [7, 11) is 0. The van der Waals surface area contributed by atoms with Crippen LogP contribution < -0.4 is 5.32 Å². The number of carbonyl (C=O) groups excluding carboxylic acids is 3. The van der Waals surface area contributed by atoms with Crippen molar-refractivity contribution >= 4 is 40.1 Å². The Morgan fingerprint density at radius 2 is 1.82 bits per heavy atom. The van der Waals surface area contributed by atoms with Gasteiger partial charge in [0.1, 0.15) is 12.4 Å². The van der Waals surface area contributed by atoms with E-state index in [9.17, 15) is 23.2 Å². The molecule has 0 aliphatic rings. The van der Waals surface area contributed by atoms with Crippen LogP contribution in [0.2, 0.25) is 5.02 Å². The lowest BCUT2D eigenvalue weighted by molar-refractivity contribution is -0.138. The van der Waals surface area contributed by atoms with E-state index in [0.29, 0.717) is 27.6 Å². The highest BCUT2D eigenvalue weighted by atomic mass is 35.5. The zero-order chi connectivity index (χ0) is 28.3. The Morgan fingerprint density at radius 1 is 1.08 bits per heavy atom. The SMILES string of the molecule is CC(=O)c1cn(CC(=O)N(CC(=O)NCc2cccc(Cl)c2F)C(C)C)c2ccc(-c3ccnc(F)c3)cc12. The van der Waals surface area contributed by atoms with Crippen LogP contribution in [0.25, 0.3) is 22.0 Å². The maximum Gasteiger partial charge on any atom is 0.243 e. The molecular formula is C29H27ClF2N4O3. The van der Waals surface area contributed by atoms with Gasteiger partial charge in [0.15, 0.2) is 5.78 Å². The highest BCUT2D eigenvalue weighted by Gasteiger charge is 2.23. The zero-order valence-electron chi connectivity index (χ0n) is 21.7. The molecule has 4 rings (SSSR count). The summed E-state index contributed by atoms with van der Waals surface area (Å²) in [6.07, 6.45) is 2.98. The van der Waals surface area contributed by atoms with E-state index in [1.807, 2.05) is 0 Å². The Hall–Kier alpha value is -4.11. The highest BCUT2D eigenvalue weighted by molar-refractivity contribution is 6.30. The fourth-order valence-electron chi connectivity index (χ4n) is 4.35. The van der Waals surface area contributed by atoms with Crippen molar-refractivity contribution < 1.29 is 23.2 Å². The number of benzene rings is 2. The van der Waals surface area contributed by atoms with Crippen molar-refractivity contribution in [2.45, 2.75) is 39.9 Å². The quantitative estimate of drug-likeness (QED) is 0.223. The lowest BCUT2D eigenvalue weighted by Gasteiger charge is -2.26. The fraction of sp³-hybridized carbons (Fsp3) is 0.241. The van der Waals surface area contributed by atoms with Crippen LogP contribution in [0.15, 0.2) is 60.9 Å². The minimum absolute atomic E-state index is 0.0373. The summed E-state index contributed by atoms with van der Waals surface area (Å²) >= 11 is 5.80. The molecule has 7 nitrogen and oxygen atoms in total.